The molecular weight excluding hydrogens is 316 g/mol. The number of ether oxygens (including phenoxy) is 2. The van der Waals surface area contributed by atoms with Gasteiger partial charge < -0.3 is 9.47 Å². The number of hydrogen-bond donors (Lipinski definition) is 1. The largest absolute Gasteiger partial charge is 0.447 e. The van der Waals surface area contributed by atoms with Crippen LogP contribution in [-0.4, -0.2) is 11.7 Å². The van der Waals surface area contributed by atoms with Gasteiger partial charge in [-0.05, 0) is 18.4 Å². The van der Waals surface area contributed by atoms with Crippen molar-refractivity contribution in [3.05, 3.63) is 35.9 Å². The molecule has 1 aromatic carbocycles. The molecule has 4 atom stereocenters. The Kier molecular flexibility index (Phi) is 3.16. The molecule has 3 fully saturated rings. The second kappa shape index (κ2) is 5.06. The summed E-state index contributed by atoms with van der Waals surface area (Å²) in [5, 5.41) is 38.6. The maximum absolute atomic E-state index is 10.1. The number of hydrogen-bond acceptors (Lipinski definition) is 6. The predicted molar refractivity (Wildman–Crippen MR) is 85.5 cm³/mol. The summed E-state index contributed by atoms with van der Waals surface area (Å²) in [6.45, 7) is 0. The minimum absolute atomic E-state index is 0.302. The second-order valence-electron chi connectivity index (χ2n) is 6.90. The lowest BCUT2D eigenvalue weighted by atomic mass is 9.51. The smallest absolute Gasteiger partial charge is 0.217 e. The van der Waals surface area contributed by atoms with Crippen molar-refractivity contribution in [2.24, 2.45) is 16.7 Å². The van der Waals surface area contributed by atoms with E-state index in [2.05, 4.69) is 18.2 Å². The van der Waals surface area contributed by atoms with E-state index >= 15 is 0 Å². The molecule has 2 saturated heterocycles. The van der Waals surface area contributed by atoms with Crippen molar-refractivity contribution in [1.29, 1.82) is 21.2 Å². The highest BCUT2D eigenvalue weighted by Crippen LogP contribution is 2.69. The highest BCUT2D eigenvalue weighted by atomic mass is 16.7. The normalized spacial score (nSPS) is 37.7. The summed E-state index contributed by atoms with van der Waals surface area (Å²) in [5.41, 5.74) is -2.80. The average Bonchev–Trinajstić information content (AvgIpc) is 2.87. The molecule has 2 heterocycles. The fourth-order valence-corrected chi connectivity index (χ4v) is 4.79. The van der Waals surface area contributed by atoms with Gasteiger partial charge in [0.2, 0.25) is 17.1 Å². The molecule has 0 aromatic heterocycles. The van der Waals surface area contributed by atoms with Crippen LogP contribution in [0.15, 0.2) is 30.3 Å². The van der Waals surface area contributed by atoms with Crippen LogP contribution in [0.5, 0.6) is 0 Å². The Balaban J connectivity index is 2.01. The lowest BCUT2D eigenvalue weighted by Gasteiger charge is -2.51. The van der Waals surface area contributed by atoms with Crippen LogP contribution in [-0.2, 0) is 9.47 Å². The van der Waals surface area contributed by atoms with Gasteiger partial charge in [0.25, 0.3) is 0 Å². The van der Waals surface area contributed by atoms with Crippen molar-refractivity contribution in [2.45, 2.75) is 37.6 Å². The Morgan fingerprint density at radius 1 is 1.04 bits per heavy atom. The molecule has 0 spiro atoms. The third-order valence-electron chi connectivity index (χ3n) is 5.92. The molecule has 1 aliphatic carbocycles. The Morgan fingerprint density at radius 3 is 2.40 bits per heavy atom. The monoisotopic (exact) mass is 332 g/mol. The molecule has 2 aliphatic heterocycles. The number of nitrogens with one attached hydrogen (secondary N) is 1. The van der Waals surface area contributed by atoms with Gasteiger partial charge in [-0.1, -0.05) is 36.8 Å². The lowest BCUT2D eigenvalue weighted by molar-refractivity contribution is -0.294. The van der Waals surface area contributed by atoms with Gasteiger partial charge in [-0.2, -0.15) is 15.8 Å². The molecule has 2 bridgehead atoms. The first-order valence-electron chi connectivity index (χ1n) is 8.35. The highest BCUT2D eigenvalue weighted by molar-refractivity contribution is 5.89. The summed E-state index contributed by atoms with van der Waals surface area (Å²) in [7, 11) is 0. The van der Waals surface area contributed by atoms with Crippen LogP contribution in [0.2, 0.25) is 0 Å². The molecule has 4 rings (SSSR count). The van der Waals surface area contributed by atoms with Gasteiger partial charge in [-0.3, -0.25) is 5.41 Å². The zero-order chi connectivity index (χ0) is 17.7. The van der Waals surface area contributed by atoms with E-state index in [1.807, 2.05) is 6.07 Å². The Hall–Kier alpha value is -2.88. The molecule has 1 aromatic rings. The van der Waals surface area contributed by atoms with Crippen LogP contribution >= 0.6 is 0 Å². The van der Waals surface area contributed by atoms with E-state index in [0.717, 1.165) is 12.8 Å². The fraction of sp³-hybridized carbons (Fsp3) is 0.474. The molecule has 25 heavy (non-hydrogen) atoms. The van der Waals surface area contributed by atoms with Gasteiger partial charge in [-0.15, -0.1) is 0 Å². The summed E-state index contributed by atoms with van der Waals surface area (Å²) >= 11 is 0. The van der Waals surface area contributed by atoms with Gasteiger partial charge in [0.05, 0.1) is 24.1 Å². The van der Waals surface area contributed by atoms with Gasteiger partial charge in [-0.25, -0.2) is 0 Å². The van der Waals surface area contributed by atoms with Crippen molar-refractivity contribution in [1.82, 2.24) is 0 Å². The minimum Gasteiger partial charge on any atom is -0.447 e. The van der Waals surface area contributed by atoms with Gasteiger partial charge in [0.15, 0.2) is 5.41 Å². The standard InChI is InChI=1S/C19H16N4O2/c20-10-17(11-21)15(13-6-2-1-3-7-13)24-19-9-5-4-8-14(19)18(17,12-22)16(23)25-19/h1-3,6-7,14-15,23H,4-5,8-9H2/t14-,15-,18-,19-/m1/s1. The highest BCUT2D eigenvalue weighted by Gasteiger charge is 2.80. The van der Waals surface area contributed by atoms with Gasteiger partial charge in [0.1, 0.15) is 6.10 Å². The molecule has 3 aliphatic rings. The van der Waals surface area contributed by atoms with E-state index in [1.54, 1.807) is 24.3 Å². The number of nitrogens with zero attached hydrogens (tertiary/aromatic N) is 3. The van der Waals surface area contributed by atoms with E-state index in [0.29, 0.717) is 18.4 Å². The molecule has 124 valence electrons. The second-order valence-corrected chi connectivity index (χ2v) is 6.90. The summed E-state index contributed by atoms with van der Waals surface area (Å²) in [6, 6.07) is 15.3. The lowest BCUT2D eigenvalue weighted by Crippen LogP contribution is -2.60. The van der Waals surface area contributed by atoms with E-state index in [4.69, 9.17) is 14.9 Å². The van der Waals surface area contributed by atoms with E-state index < -0.39 is 28.6 Å². The summed E-state index contributed by atoms with van der Waals surface area (Å²) < 4.78 is 12.1. The van der Waals surface area contributed by atoms with Crippen molar-refractivity contribution < 1.29 is 9.47 Å². The quantitative estimate of drug-likeness (QED) is 0.848. The zero-order valence-corrected chi connectivity index (χ0v) is 13.5. The Labute approximate surface area is 145 Å². The molecule has 0 amide bonds. The predicted octanol–water partition coefficient (Wildman–Crippen LogP) is 3.20. The first kappa shape index (κ1) is 15.6. The topological polar surface area (TPSA) is 114 Å². The third-order valence-corrected chi connectivity index (χ3v) is 5.92. The molecule has 0 unspecified atom stereocenters. The van der Waals surface area contributed by atoms with E-state index in [1.165, 1.54) is 0 Å². The van der Waals surface area contributed by atoms with Crippen molar-refractivity contribution in [2.75, 3.05) is 0 Å². The number of nitriles is 3. The minimum atomic E-state index is -1.83. The van der Waals surface area contributed by atoms with Crippen LogP contribution in [0.1, 0.15) is 37.4 Å². The first-order chi connectivity index (χ1) is 12.1. The molecular formula is C19H16N4O2. The van der Waals surface area contributed by atoms with Crippen LogP contribution in [0.25, 0.3) is 0 Å². The van der Waals surface area contributed by atoms with Crippen LogP contribution < -0.4 is 0 Å². The number of benzene rings is 1. The average molecular weight is 332 g/mol. The zero-order valence-electron chi connectivity index (χ0n) is 13.5. The van der Waals surface area contributed by atoms with Crippen LogP contribution in [0, 0.1) is 56.2 Å². The maximum atomic E-state index is 10.1. The summed E-state index contributed by atoms with van der Waals surface area (Å²) in [4.78, 5) is 0. The molecule has 1 N–H and O–H groups in total. The van der Waals surface area contributed by atoms with Gasteiger partial charge in [0, 0.05) is 6.42 Å². The van der Waals surface area contributed by atoms with Crippen molar-refractivity contribution in [3.63, 3.8) is 0 Å². The maximum Gasteiger partial charge on any atom is 0.217 e. The summed E-state index contributed by atoms with van der Waals surface area (Å²) in [6.07, 6.45) is 1.93. The van der Waals surface area contributed by atoms with E-state index in [9.17, 15) is 15.8 Å². The van der Waals surface area contributed by atoms with Crippen LogP contribution in [0.4, 0.5) is 0 Å². The molecule has 6 heteroatoms. The Bertz CT molecular complexity index is 848. The molecule has 0 radical (unpaired) electrons. The third kappa shape index (κ3) is 1.62. The SMILES string of the molecule is N#CC1(C#N)[C@@H](c2ccccc2)O[C@@]23CCCC[C@@H]2[C@]1(C#N)C(=N)O3. The van der Waals surface area contributed by atoms with Crippen molar-refractivity contribution >= 4 is 5.90 Å². The Morgan fingerprint density at radius 2 is 1.76 bits per heavy atom. The van der Waals surface area contributed by atoms with Gasteiger partial charge >= 0.3 is 0 Å². The fourth-order valence-electron chi connectivity index (χ4n) is 4.79. The molecule has 6 nitrogen and oxygen atoms in total. The number of rotatable bonds is 1. The van der Waals surface area contributed by atoms with Crippen molar-refractivity contribution in [3.8, 4) is 18.2 Å². The first-order valence-corrected chi connectivity index (χ1v) is 8.35. The summed E-state index contributed by atoms with van der Waals surface area (Å²) in [5.74, 6) is -1.88. The van der Waals surface area contributed by atoms with E-state index in [-0.39, 0.29) is 5.90 Å². The molecule has 1 saturated carbocycles. The van der Waals surface area contributed by atoms with Crippen LogP contribution in [0.3, 0.4) is 0 Å².